The fourth-order valence-corrected chi connectivity index (χ4v) is 3.91. The highest BCUT2D eigenvalue weighted by Crippen LogP contribution is 2.44. The molecule has 1 amide bonds. The van der Waals surface area contributed by atoms with E-state index in [1.54, 1.807) is 48.5 Å². The minimum Gasteiger partial charge on any atom is -0.363 e. The number of amides is 1. The van der Waals surface area contributed by atoms with Crippen molar-refractivity contribution in [3.05, 3.63) is 82.5 Å². The summed E-state index contributed by atoms with van der Waals surface area (Å²) >= 11 is 6.00. The Hall–Kier alpha value is -3.33. The molecule has 2 N–H and O–H groups in total. The number of halogens is 4. The molecule has 4 rings (SSSR count). The molecule has 2 atom stereocenters. The van der Waals surface area contributed by atoms with Crippen LogP contribution in [0.15, 0.2) is 60.8 Å². The van der Waals surface area contributed by atoms with E-state index >= 15 is 0 Å². The molecule has 0 bridgehead atoms. The van der Waals surface area contributed by atoms with Crippen molar-refractivity contribution >= 4 is 29.1 Å². The lowest BCUT2D eigenvalue weighted by Gasteiger charge is -2.34. The van der Waals surface area contributed by atoms with E-state index in [0.717, 1.165) is 10.9 Å². The number of rotatable bonds is 5. The van der Waals surface area contributed by atoms with Crippen LogP contribution in [0.3, 0.4) is 0 Å². The van der Waals surface area contributed by atoms with E-state index < -0.39 is 30.0 Å². The highest BCUT2D eigenvalue weighted by atomic mass is 35.5. The number of benzene rings is 2. The van der Waals surface area contributed by atoms with E-state index in [1.165, 1.54) is 6.07 Å². The number of fused-ring (bicyclic) bond motifs is 1. The molecule has 2 unspecified atom stereocenters. The number of carbonyl (C=O) groups excluding carboxylic acids is 2. The third-order valence-electron chi connectivity index (χ3n) is 5.27. The Labute approximate surface area is 186 Å². The van der Waals surface area contributed by atoms with Crippen molar-refractivity contribution in [2.45, 2.75) is 24.7 Å². The average molecular weight is 463 g/mol. The lowest BCUT2D eigenvalue weighted by Crippen LogP contribution is -2.37. The van der Waals surface area contributed by atoms with E-state index in [4.69, 9.17) is 11.6 Å². The first-order valence-electron chi connectivity index (χ1n) is 9.77. The monoisotopic (exact) mass is 462 g/mol. The maximum Gasteiger partial charge on any atom is 0.410 e. The van der Waals surface area contributed by atoms with Gasteiger partial charge in [-0.05, 0) is 17.7 Å². The second kappa shape index (κ2) is 8.66. The molecule has 0 spiro atoms. The molecule has 10 heteroatoms. The van der Waals surface area contributed by atoms with Gasteiger partial charge in [-0.15, -0.1) is 0 Å². The maximum atomic E-state index is 13.8. The van der Waals surface area contributed by atoms with Crippen LogP contribution in [-0.2, 0) is 0 Å². The Balaban J connectivity index is 1.58. The van der Waals surface area contributed by atoms with E-state index in [-0.39, 0.29) is 34.9 Å². The molecule has 0 aliphatic carbocycles. The number of aromatic nitrogens is 2. The van der Waals surface area contributed by atoms with Crippen LogP contribution < -0.4 is 10.6 Å². The van der Waals surface area contributed by atoms with Gasteiger partial charge in [-0.25, -0.2) is 4.68 Å². The summed E-state index contributed by atoms with van der Waals surface area (Å²) in [5, 5.41) is 9.52. The Kier molecular flexibility index (Phi) is 5.92. The van der Waals surface area contributed by atoms with Crippen LogP contribution in [0.25, 0.3) is 0 Å². The molecular weight excluding hydrogens is 445 g/mol. The predicted octanol–water partition coefficient (Wildman–Crippen LogP) is 4.81. The Morgan fingerprint density at radius 2 is 1.78 bits per heavy atom. The lowest BCUT2D eigenvalue weighted by molar-refractivity contribution is -0.173. The Bertz CT molecular complexity index is 1150. The van der Waals surface area contributed by atoms with Gasteiger partial charge >= 0.3 is 6.18 Å². The van der Waals surface area contributed by atoms with Crippen molar-refractivity contribution in [2.75, 3.05) is 11.9 Å². The molecular formula is C22H18ClF3N4O2. The van der Waals surface area contributed by atoms with Gasteiger partial charge < -0.3 is 10.6 Å². The highest BCUT2D eigenvalue weighted by Gasteiger charge is 2.47. The molecule has 0 radical (unpaired) electrons. The normalized spacial score (nSPS) is 17.9. The van der Waals surface area contributed by atoms with Gasteiger partial charge in [0.05, 0.1) is 23.8 Å². The zero-order valence-electron chi connectivity index (χ0n) is 16.6. The molecule has 2 heterocycles. The van der Waals surface area contributed by atoms with Crippen molar-refractivity contribution in [2.24, 2.45) is 0 Å². The largest absolute Gasteiger partial charge is 0.410 e. The molecule has 6 nitrogen and oxygen atoms in total. The van der Waals surface area contributed by atoms with Crippen molar-refractivity contribution in [3.63, 3.8) is 0 Å². The van der Waals surface area contributed by atoms with Crippen molar-refractivity contribution in [1.29, 1.82) is 0 Å². The van der Waals surface area contributed by atoms with Crippen molar-refractivity contribution < 1.29 is 22.8 Å². The number of hydrogen-bond acceptors (Lipinski definition) is 4. The zero-order chi connectivity index (χ0) is 22.9. The molecule has 32 heavy (non-hydrogen) atoms. The van der Waals surface area contributed by atoms with Gasteiger partial charge in [0.1, 0.15) is 11.4 Å². The van der Waals surface area contributed by atoms with Gasteiger partial charge in [0.25, 0.3) is 5.91 Å². The number of nitrogens with one attached hydrogen (secondary N) is 2. The van der Waals surface area contributed by atoms with Gasteiger partial charge in [0.15, 0.2) is 11.8 Å². The second-order valence-electron chi connectivity index (χ2n) is 7.34. The summed E-state index contributed by atoms with van der Waals surface area (Å²) in [5.74, 6) is -1.18. The molecule has 0 saturated heterocycles. The quantitative estimate of drug-likeness (QED) is 0.533. The summed E-state index contributed by atoms with van der Waals surface area (Å²) in [7, 11) is 0. The minimum atomic E-state index is -4.55. The topological polar surface area (TPSA) is 76.0 Å². The third-order valence-corrected chi connectivity index (χ3v) is 5.60. The summed E-state index contributed by atoms with van der Waals surface area (Å²) in [5.41, 5.74) is 0.826. The second-order valence-corrected chi connectivity index (χ2v) is 7.75. The standard InChI is InChI=1S/C22H18ClF3N4O2/c23-16-9-5-4-8-14(16)18(31)12-27-21(32)15-11-28-30-19(22(24,25)26)10-17(29-20(15)30)13-6-2-1-3-7-13/h1-9,11,17,19,29H,10,12H2,(H,27,32). The Morgan fingerprint density at radius 3 is 2.47 bits per heavy atom. The molecule has 0 fully saturated rings. The van der Waals surface area contributed by atoms with Gasteiger partial charge in [-0.3, -0.25) is 9.59 Å². The van der Waals surface area contributed by atoms with Gasteiger partial charge in [0, 0.05) is 12.0 Å². The number of carbonyl (C=O) groups is 2. The fourth-order valence-electron chi connectivity index (χ4n) is 3.67. The first kappa shape index (κ1) is 21.9. The van der Waals surface area contributed by atoms with Crippen LogP contribution >= 0.6 is 11.6 Å². The summed E-state index contributed by atoms with van der Waals surface area (Å²) in [6.45, 7) is -0.363. The van der Waals surface area contributed by atoms with Crippen molar-refractivity contribution in [3.8, 4) is 0 Å². The predicted molar refractivity (Wildman–Crippen MR) is 113 cm³/mol. The number of Topliss-reactive ketones (excluding diaryl/α,β-unsaturated/α-hetero) is 1. The summed E-state index contributed by atoms with van der Waals surface area (Å²) < 4.78 is 42.0. The van der Waals surface area contributed by atoms with Gasteiger partial charge in [0.2, 0.25) is 0 Å². The SMILES string of the molecule is O=C(CNC(=O)c1cnn2c1NC(c1ccccc1)CC2C(F)(F)F)c1ccccc1Cl. The number of ketones is 1. The number of anilines is 1. The zero-order valence-corrected chi connectivity index (χ0v) is 17.3. The maximum absolute atomic E-state index is 13.8. The molecule has 0 saturated carbocycles. The molecule has 2 aromatic carbocycles. The molecule has 1 aliphatic rings. The van der Waals surface area contributed by atoms with E-state index in [1.807, 2.05) is 0 Å². The first-order valence-corrected chi connectivity index (χ1v) is 10.1. The summed E-state index contributed by atoms with van der Waals surface area (Å²) in [4.78, 5) is 25.1. The van der Waals surface area contributed by atoms with Crippen LogP contribution in [0.2, 0.25) is 5.02 Å². The highest BCUT2D eigenvalue weighted by molar-refractivity contribution is 6.34. The number of nitrogens with zero attached hydrogens (tertiary/aromatic N) is 2. The minimum absolute atomic E-state index is 0.0462. The van der Waals surface area contributed by atoms with Crippen LogP contribution in [0.4, 0.5) is 19.0 Å². The lowest BCUT2D eigenvalue weighted by atomic mass is 9.96. The van der Waals surface area contributed by atoms with Gasteiger partial charge in [-0.2, -0.15) is 18.3 Å². The average Bonchev–Trinajstić information content (AvgIpc) is 3.21. The Morgan fingerprint density at radius 1 is 1.09 bits per heavy atom. The molecule has 1 aromatic heterocycles. The van der Waals surface area contributed by atoms with E-state index in [9.17, 15) is 22.8 Å². The molecule has 1 aliphatic heterocycles. The number of alkyl halides is 3. The van der Waals surface area contributed by atoms with E-state index in [0.29, 0.717) is 5.56 Å². The van der Waals surface area contributed by atoms with Crippen LogP contribution in [-0.4, -0.2) is 34.2 Å². The van der Waals surface area contributed by atoms with Gasteiger partial charge in [-0.1, -0.05) is 54.1 Å². The smallest absolute Gasteiger partial charge is 0.363 e. The number of hydrogen-bond donors (Lipinski definition) is 2. The molecule has 3 aromatic rings. The van der Waals surface area contributed by atoms with E-state index in [2.05, 4.69) is 15.7 Å². The third kappa shape index (κ3) is 4.34. The van der Waals surface area contributed by atoms with Crippen LogP contribution in [0, 0.1) is 0 Å². The summed E-state index contributed by atoms with van der Waals surface area (Å²) in [6.07, 6.45) is -3.75. The van der Waals surface area contributed by atoms with Crippen LogP contribution in [0.5, 0.6) is 0 Å². The van der Waals surface area contributed by atoms with Crippen LogP contribution in [0.1, 0.15) is 44.8 Å². The van der Waals surface area contributed by atoms with Crippen molar-refractivity contribution in [1.82, 2.24) is 15.1 Å². The summed E-state index contributed by atoms with van der Waals surface area (Å²) in [6, 6.07) is 12.5. The fraction of sp³-hybridized carbons (Fsp3) is 0.227. The first-order chi connectivity index (χ1) is 15.3. The molecule has 166 valence electrons.